The third-order valence-corrected chi connectivity index (χ3v) is 4.23. The van der Waals surface area contributed by atoms with Crippen molar-refractivity contribution in [1.29, 1.82) is 0 Å². The van der Waals surface area contributed by atoms with Crippen LogP contribution in [-0.2, 0) is 11.3 Å². The Kier molecular flexibility index (Phi) is 4.83. The van der Waals surface area contributed by atoms with Gasteiger partial charge in [0, 0.05) is 17.3 Å². The molecule has 1 aromatic rings. The number of aromatic nitrogens is 1. The van der Waals surface area contributed by atoms with E-state index in [0.717, 1.165) is 48.3 Å². The van der Waals surface area contributed by atoms with Crippen LogP contribution in [0, 0.1) is 13.8 Å². The number of carbonyl (C=O) groups is 1. The number of aliphatic hydroxyl groups is 1. The number of methoxy groups -OCH3 is 1. The van der Waals surface area contributed by atoms with Gasteiger partial charge in [0.25, 0.3) is 0 Å². The number of aryl methyl sites for hydroxylation is 1. The highest BCUT2D eigenvalue weighted by atomic mass is 16.5. The highest BCUT2D eigenvalue weighted by molar-refractivity contribution is 5.77. The Morgan fingerprint density at radius 3 is 2.71 bits per heavy atom. The molecule has 0 aromatic carbocycles. The van der Waals surface area contributed by atoms with Gasteiger partial charge in [-0.2, -0.15) is 0 Å². The lowest BCUT2D eigenvalue weighted by atomic mass is 9.97. The third-order valence-electron chi connectivity index (χ3n) is 4.23. The molecule has 0 atom stereocenters. The van der Waals surface area contributed by atoms with E-state index in [9.17, 15) is 9.90 Å². The minimum atomic E-state index is -0.808. The van der Waals surface area contributed by atoms with Gasteiger partial charge in [-0.15, -0.1) is 0 Å². The molecule has 21 heavy (non-hydrogen) atoms. The van der Waals surface area contributed by atoms with E-state index in [1.165, 1.54) is 0 Å². The zero-order valence-electron chi connectivity index (χ0n) is 13.0. The molecule has 0 radical (unpaired) electrons. The second-order valence-electron chi connectivity index (χ2n) is 5.93. The predicted octanol–water partition coefficient (Wildman–Crippen LogP) is 2.02. The molecule has 2 rings (SSSR count). The minimum absolute atomic E-state index is 0.125. The van der Waals surface area contributed by atoms with Crippen molar-refractivity contribution < 1.29 is 14.6 Å². The summed E-state index contributed by atoms with van der Waals surface area (Å²) in [5, 5.41) is 13.1. The molecule has 0 saturated heterocycles. The zero-order chi connectivity index (χ0) is 15.5. The lowest BCUT2D eigenvalue weighted by Gasteiger charge is -2.21. The van der Waals surface area contributed by atoms with E-state index in [1.54, 1.807) is 13.3 Å². The largest absolute Gasteiger partial charge is 0.496 e. The second-order valence-corrected chi connectivity index (χ2v) is 5.93. The summed E-state index contributed by atoms with van der Waals surface area (Å²) >= 11 is 0. The third kappa shape index (κ3) is 3.73. The van der Waals surface area contributed by atoms with Crippen LogP contribution in [0.3, 0.4) is 0 Å². The minimum Gasteiger partial charge on any atom is -0.496 e. The molecule has 1 aromatic heterocycles. The highest BCUT2D eigenvalue weighted by Gasteiger charge is 2.33. The maximum absolute atomic E-state index is 12.0. The zero-order valence-corrected chi connectivity index (χ0v) is 13.0. The summed E-state index contributed by atoms with van der Waals surface area (Å²) in [7, 11) is 1.63. The number of ether oxygens (including phenoxy) is 1. The molecule has 1 amide bonds. The van der Waals surface area contributed by atoms with Gasteiger partial charge in [-0.1, -0.05) is 12.8 Å². The van der Waals surface area contributed by atoms with Crippen molar-refractivity contribution in [3.63, 3.8) is 0 Å². The van der Waals surface area contributed by atoms with Crippen LogP contribution in [0.5, 0.6) is 5.75 Å². The van der Waals surface area contributed by atoms with E-state index in [4.69, 9.17) is 4.74 Å². The van der Waals surface area contributed by atoms with E-state index < -0.39 is 5.60 Å². The van der Waals surface area contributed by atoms with Gasteiger partial charge >= 0.3 is 0 Å². The predicted molar refractivity (Wildman–Crippen MR) is 80.1 cm³/mol. The van der Waals surface area contributed by atoms with Crippen LogP contribution in [0.4, 0.5) is 0 Å². The van der Waals surface area contributed by atoms with E-state index in [1.807, 2.05) is 13.8 Å². The molecule has 0 aliphatic heterocycles. The molecule has 5 nitrogen and oxygen atoms in total. The van der Waals surface area contributed by atoms with Crippen LogP contribution >= 0.6 is 0 Å². The van der Waals surface area contributed by atoms with E-state index in [0.29, 0.717) is 6.54 Å². The van der Waals surface area contributed by atoms with Crippen molar-refractivity contribution in [2.75, 3.05) is 7.11 Å². The molecule has 5 heteroatoms. The maximum atomic E-state index is 12.0. The van der Waals surface area contributed by atoms with Gasteiger partial charge in [0.05, 0.1) is 31.4 Å². The number of pyridine rings is 1. The van der Waals surface area contributed by atoms with Crippen LogP contribution in [-0.4, -0.2) is 28.7 Å². The number of nitrogens with zero attached hydrogens (tertiary/aromatic N) is 1. The standard InChI is InChI=1S/C16H24N2O3/c1-11-9-17-13(12(2)15(11)21-3)10-18-14(19)8-16(20)6-4-5-7-16/h9,20H,4-8,10H2,1-3H3,(H,18,19). The molecule has 1 aliphatic rings. The Morgan fingerprint density at radius 1 is 1.43 bits per heavy atom. The van der Waals surface area contributed by atoms with Gasteiger partial charge in [0.15, 0.2) is 0 Å². The van der Waals surface area contributed by atoms with Crippen LogP contribution in [0.2, 0.25) is 0 Å². The number of hydrogen-bond donors (Lipinski definition) is 2. The van der Waals surface area contributed by atoms with Crippen LogP contribution in [0.1, 0.15) is 48.9 Å². The molecule has 1 heterocycles. The molecular weight excluding hydrogens is 268 g/mol. The fraction of sp³-hybridized carbons (Fsp3) is 0.625. The van der Waals surface area contributed by atoms with Crippen molar-refractivity contribution in [3.05, 3.63) is 23.0 Å². The molecule has 1 saturated carbocycles. The smallest absolute Gasteiger partial charge is 0.223 e. The first kappa shape index (κ1) is 15.8. The quantitative estimate of drug-likeness (QED) is 0.871. The number of hydrogen-bond acceptors (Lipinski definition) is 4. The first-order chi connectivity index (χ1) is 9.95. The van der Waals surface area contributed by atoms with Crippen molar-refractivity contribution in [1.82, 2.24) is 10.3 Å². The fourth-order valence-corrected chi connectivity index (χ4v) is 3.00. The molecule has 0 bridgehead atoms. The molecule has 2 N–H and O–H groups in total. The van der Waals surface area contributed by atoms with Gasteiger partial charge in [-0.05, 0) is 26.7 Å². The summed E-state index contributed by atoms with van der Waals surface area (Å²) in [5.74, 6) is 0.684. The molecular formula is C16H24N2O3. The van der Waals surface area contributed by atoms with E-state index in [2.05, 4.69) is 10.3 Å². The number of amides is 1. The van der Waals surface area contributed by atoms with Gasteiger partial charge < -0.3 is 15.2 Å². The van der Waals surface area contributed by atoms with Gasteiger partial charge in [0.1, 0.15) is 5.75 Å². The summed E-state index contributed by atoms with van der Waals surface area (Å²) in [6, 6.07) is 0. The molecule has 116 valence electrons. The summed E-state index contributed by atoms with van der Waals surface area (Å²) in [6.07, 6.45) is 5.36. The summed E-state index contributed by atoms with van der Waals surface area (Å²) in [6.45, 7) is 4.24. The Hall–Kier alpha value is -1.62. The summed E-state index contributed by atoms with van der Waals surface area (Å²) < 4.78 is 5.35. The lowest BCUT2D eigenvalue weighted by Crippen LogP contribution is -2.34. The van der Waals surface area contributed by atoms with Gasteiger partial charge in [-0.3, -0.25) is 9.78 Å². The van der Waals surface area contributed by atoms with E-state index >= 15 is 0 Å². The van der Waals surface area contributed by atoms with E-state index in [-0.39, 0.29) is 12.3 Å². The average Bonchev–Trinajstić information content (AvgIpc) is 2.85. The Bertz CT molecular complexity index is 522. The molecule has 1 aliphatic carbocycles. The summed E-state index contributed by atoms with van der Waals surface area (Å²) in [4.78, 5) is 16.3. The average molecular weight is 292 g/mol. The van der Waals surface area contributed by atoms with Crippen molar-refractivity contribution >= 4 is 5.91 Å². The number of carbonyl (C=O) groups excluding carboxylic acids is 1. The monoisotopic (exact) mass is 292 g/mol. The van der Waals surface area contributed by atoms with Crippen LogP contribution < -0.4 is 10.1 Å². The first-order valence-corrected chi connectivity index (χ1v) is 7.43. The normalized spacial score (nSPS) is 16.8. The van der Waals surface area contributed by atoms with Gasteiger partial charge in [0.2, 0.25) is 5.91 Å². The van der Waals surface area contributed by atoms with Crippen molar-refractivity contribution in [3.8, 4) is 5.75 Å². The van der Waals surface area contributed by atoms with Crippen LogP contribution in [0.25, 0.3) is 0 Å². The summed E-state index contributed by atoms with van der Waals surface area (Å²) in [5.41, 5.74) is 1.91. The molecule has 1 fully saturated rings. The van der Waals surface area contributed by atoms with Crippen molar-refractivity contribution in [2.45, 2.75) is 58.1 Å². The fourth-order valence-electron chi connectivity index (χ4n) is 3.00. The molecule has 0 unspecified atom stereocenters. The topological polar surface area (TPSA) is 71.5 Å². The van der Waals surface area contributed by atoms with Crippen molar-refractivity contribution in [2.24, 2.45) is 0 Å². The lowest BCUT2D eigenvalue weighted by molar-refractivity contribution is -0.126. The Labute approximate surface area is 125 Å². The van der Waals surface area contributed by atoms with Gasteiger partial charge in [-0.25, -0.2) is 0 Å². The number of rotatable bonds is 5. The highest BCUT2D eigenvalue weighted by Crippen LogP contribution is 2.32. The first-order valence-electron chi connectivity index (χ1n) is 7.43. The maximum Gasteiger partial charge on any atom is 0.223 e. The SMILES string of the molecule is COc1c(C)cnc(CNC(=O)CC2(O)CCCC2)c1C. The molecule has 0 spiro atoms. The second kappa shape index (κ2) is 6.43. The number of nitrogens with one attached hydrogen (secondary N) is 1. The van der Waals surface area contributed by atoms with Crippen LogP contribution in [0.15, 0.2) is 6.20 Å². The Balaban J connectivity index is 1.95. The Morgan fingerprint density at radius 2 is 2.10 bits per heavy atom.